The van der Waals surface area contributed by atoms with Crippen LogP contribution in [0.2, 0.25) is 0 Å². The Bertz CT molecular complexity index is 738. The number of carbonyl (C=O) groups is 1. The highest BCUT2D eigenvalue weighted by molar-refractivity contribution is 7.13. The number of hydrogen-bond acceptors (Lipinski definition) is 4. The largest absolute Gasteiger partial charge is 0.384 e. The minimum atomic E-state index is -0.174. The van der Waals surface area contributed by atoms with Crippen molar-refractivity contribution in [3.8, 4) is 11.8 Å². The third-order valence-corrected chi connectivity index (χ3v) is 5.34. The number of amides is 1. The number of hydrogen-bond donors (Lipinski definition) is 2. The van der Waals surface area contributed by atoms with Crippen molar-refractivity contribution >= 4 is 22.4 Å². The van der Waals surface area contributed by atoms with Gasteiger partial charge in [-0.2, -0.15) is 0 Å². The Hall–Kier alpha value is -2.16. The highest BCUT2D eigenvalue weighted by atomic mass is 32.1. The van der Waals surface area contributed by atoms with Gasteiger partial charge in [-0.1, -0.05) is 49.7 Å². The summed E-state index contributed by atoms with van der Waals surface area (Å²) in [5, 5.41) is 14.2. The van der Waals surface area contributed by atoms with Gasteiger partial charge in [-0.3, -0.25) is 4.79 Å². The molecule has 1 saturated carbocycles. The fraction of sp³-hybridized carbons (Fsp3) is 0.400. The van der Waals surface area contributed by atoms with E-state index in [4.69, 9.17) is 5.11 Å². The van der Waals surface area contributed by atoms with Crippen molar-refractivity contribution in [2.75, 3.05) is 11.9 Å². The molecular formula is C20H22N2O2S. The van der Waals surface area contributed by atoms with Crippen LogP contribution in [0.5, 0.6) is 0 Å². The van der Waals surface area contributed by atoms with Gasteiger partial charge >= 0.3 is 0 Å². The number of rotatable bonds is 5. The molecule has 1 heterocycles. The first kappa shape index (κ1) is 17.7. The SMILES string of the molecule is O=C(Nc1nccs1)C(CC1CCCC1)c1ccc(C#CCO)cc1. The van der Waals surface area contributed by atoms with Crippen LogP contribution in [-0.2, 0) is 4.79 Å². The Labute approximate surface area is 152 Å². The molecule has 1 aliphatic carbocycles. The van der Waals surface area contributed by atoms with E-state index in [-0.39, 0.29) is 18.4 Å². The van der Waals surface area contributed by atoms with Crippen molar-refractivity contribution in [1.82, 2.24) is 4.98 Å². The second-order valence-corrected chi connectivity index (χ2v) is 7.24. The summed E-state index contributed by atoms with van der Waals surface area (Å²) in [6.45, 7) is -0.151. The van der Waals surface area contributed by atoms with Crippen LogP contribution in [0.15, 0.2) is 35.8 Å². The molecule has 0 spiro atoms. The number of carbonyl (C=O) groups excluding carboxylic acids is 1. The summed E-state index contributed by atoms with van der Waals surface area (Å²) in [6.07, 6.45) is 7.52. The Morgan fingerprint density at radius 2 is 2.08 bits per heavy atom. The first-order chi connectivity index (χ1) is 12.3. The molecule has 25 heavy (non-hydrogen) atoms. The van der Waals surface area contributed by atoms with Crippen molar-refractivity contribution in [2.24, 2.45) is 5.92 Å². The van der Waals surface area contributed by atoms with E-state index in [0.717, 1.165) is 17.5 Å². The Kier molecular flexibility index (Phi) is 6.21. The third-order valence-electron chi connectivity index (χ3n) is 4.65. The zero-order valence-electron chi connectivity index (χ0n) is 14.1. The van der Waals surface area contributed by atoms with Gasteiger partial charge in [0.1, 0.15) is 6.61 Å². The lowest BCUT2D eigenvalue weighted by Gasteiger charge is -2.20. The maximum atomic E-state index is 12.9. The predicted molar refractivity (Wildman–Crippen MR) is 100 cm³/mol. The maximum absolute atomic E-state index is 12.9. The molecule has 1 unspecified atom stereocenters. The predicted octanol–water partition coefficient (Wildman–Crippen LogP) is 3.79. The number of aliphatic hydroxyl groups excluding tert-OH is 1. The average Bonchev–Trinajstić information content (AvgIpc) is 3.32. The molecule has 2 aromatic rings. The van der Waals surface area contributed by atoms with Gasteiger partial charge in [0.25, 0.3) is 0 Å². The van der Waals surface area contributed by atoms with Crippen molar-refractivity contribution in [1.29, 1.82) is 0 Å². The molecule has 1 aliphatic rings. The van der Waals surface area contributed by atoms with Gasteiger partial charge in [0.05, 0.1) is 5.92 Å². The van der Waals surface area contributed by atoms with Crippen molar-refractivity contribution in [3.05, 3.63) is 47.0 Å². The third kappa shape index (κ3) is 4.91. The fourth-order valence-corrected chi connectivity index (χ4v) is 3.92. The smallest absolute Gasteiger partial charge is 0.233 e. The summed E-state index contributed by atoms with van der Waals surface area (Å²) >= 11 is 1.43. The molecule has 1 fully saturated rings. The summed E-state index contributed by atoms with van der Waals surface area (Å²) in [5.74, 6) is 5.98. The lowest BCUT2D eigenvalue weighted by atomic mass is 9.87. The molecule has 0 saturated heterocycles. The van der Waals surface area contributed by atoms with Gasteiger partial charge in [-0.25, -0.2) is 4.98 Å². The number of benzene rings is 1. The first-order valence-electron chi connectivity index (χ1n) is 8.66. The summed E-state index contributed by atoms with van der Waals surface area (Å²) in [7, 11) is 0. The number of aliphatic hydroxyl groups is 1. The van der Waals surface area contributed by atoms with E-state index in [1.807, 2.05) is 29.6 Å². The van der Waals surface area contributed by atoms with E-state index in [2.05, 4.69) is 22.1 Å². The monoisotopic (exact) mass is 354 g/mol. The van der Waals surface area contributed by atoms with Crippen LogP contribution in [0, 0.1) is 17.8 Å². The van der Waals surface area contributed by atoms with E-state index in [0.29, 0.717) is 11.0 Å². The molecular weight excluding hydrogens is 332 g/mol. The zero-order chi connectivity index (χ0) is 17.5. The summed E-state index contributed by atoms with van der Waals surface area (Å²) in [6, 6.07) is 7.78. The van der Waals surface area contributed by atoms with Crippen LogP contribution in [0.25, 0.3) is 0 Å². The Balaban J connectivity index is 1.78. The van der Waals surface area contributed by atoms with Crippen molar-refractivity contribution in [3.63, 3.8) is 0 Å². The van der Waals surface area contributed by atoms with E-state index >= 15 is 0 Å². The van der Waals surface area contributed by atoms with Crippen molar-refractivity contribution < 1.29 is 9.90 Å². The fourth-order valence-electron chi connectivity index (χ4n) is 3.39. The van der Waals surface area contributed by atoms with Crippen LogP contribution in [0.4, 0.5) is 5.13 Å². The molecule has 1 aromatic carbocycles. The molecule has 3 rings (SSSR count). The number of nitrogens with one attached hydrogen (secondary N) is 1. The average molecular weight is 354 g/mol. The van der Waals surface area contributed by atoms with E-state index in [9.17, 15) is 4.79 Å². The number of nitrogens with zero attached hydrogens (tertiary/aromatic N) is 1. The van der Waals surface area contributed by atoms with Crippen LogP contribution >= 0.6 is 11.3 Å². The zero-order valence-corrected chi connectivity index (χ0v) is 14.9. The van der Waals surface area contributed by atoms with E-state index in [1.165, 1.54) is 37.0 Å². The Morgan fingerprint density at radius 3 is 2.72 bits per heavy atom. The molecule has 0 radical (unpaired) electrons. The highest BCUT2D eigenvalue weighted by Gasteiger charge is 2.27. The van der Waals surface area contributed by atoms with Crippen LogP contribution < -0.4 is 5.32 Å². The molecule has 1 atom stereocenters. The van der Waals surface area contributed by atoms with E-state index < -0.39 is 0 Å². The molecule has 0 bridgehead atoms. The molecule has 2 N–H and O–H groups in total. The van der Waals surface area contributed by atoms with Gasteiger partial charge in [0.15, 0.2) is 5.13 Å². The summed E-state index contributed by atoms with van der Waals surface area (Å²) in [5.41, 5.74) is 1.85. The second kappa shape index (κ2) is 8.80. The number of thiazole rings is 1. The molecule has 0 aliphatic heterocycles. The Morgan fingerprint density at radius 1 is 1.32 bits per heavy atom. The quantitative estimate of drug-likeness (QED) is 0.803. The van der Waals surface area contributed by atoms with Gasteiger partial charge in [0.2, 0.25) is 5.91 Å². The summed E-state index contributed by atoms with van der Waals surface area (Å²) < 4.78 is 0. The van der Waals surface area contributed by atoms with Crippen molar-refractivity contribution in [2.45, 2.75) is 38.0 Å². The molecule has 1 amide bonds. The van der Waals surface area contributed by atoms with Crippen LogP contribution in [-0.4, -0.2) is 22.6 Å². The molecule has 4 nitrogen and oxygen atoms in total. The topological polar surface area (TPSA) is 62.2 Å². The number of anilines is 1. The molecule has 1 aromatic heterocycles. The minimum Gasteiger partial charge on any atom is -0.384 e. The lowest BCUT2D eigenvalue weighted by Crippen LogP contribution is -2.23. The van der Waals surface area contributed by atoms with Gasteiger partial charge < -0.3 is 10.4 Å². The first-order valence-corrected chi connectivity index (χ1v) is 9.54. The molecule has 5 heteroatoms. The van der Waals surface area contributed by atoms with Crippen LogP contribution in [0.1, 0.15) is 49.1 Å². The highest BCUT2D eigenvalue weighted by Crippen LogP contribution is 2.35. The standard InChI is InChI=1S/C20H22N2O2S/c23-12-3-6-15-7-9-17(10-8-15)18(14-16-4-1-2-5-16)19(24)22-20-21-11-13-25-20/h7-11,13,16,18,23H,1-2,4-5,12,14H2,(H,21,22,24). The maximum Gasteiger partial charge on any atom is 0.233 e. The van der Waals surface area contributed by atoms with Gasteiger partial charge in [0, 0.05) is 17.1 Å². The number of aromatic nitrogens is 1. The van der Waals surface area contributed by atoms with Gasteiger partial charge in [-0.15, -0.1) is 11.3 Å². The van der Waals surface area contributed by atoms with Crippen LogP contribution in [0.3, 0.4) is 0 Å². The van der Waals surface area contributed by atoms with Gasteiger partial charge in [-0.05, 0) is 30.0 Å². The lowest BCUT2D eigenvalue weighted by molar-refractivity contribution is -0.118. The summed E-state index contributed by atoms with van der Waals surface area (Å²) in [4.78, 5) is 17.0. The second-order valence-electron chi connectivity index (χ2n) is 6.35. The normalized spacial score (nSPS) is 15.4. The minimum absolute atomic E-state index is 0.0102. The molecule has 130 valence electrons. The van der Waals surface area contributed by atoms with E-state index in [1.54, 1.807) is 6.20 Å².